The van der Waals surface area contributed by atoms with E-state index in [9.17, 15) is 18.0 Å². The van der Waals surface area contributed by atoms with Crippen molar-refractivity contribution in [2.75, 3.05) is 7.11 Å². The van der Waals surface area contributed by atoms with Crippen LogP contribution in [0.2, 0.25) is 0 Å². The number of hydrogen-bond acceptors (Lipinski definition) is 4. The van der Waals surface area contributed by atoms with Crippen molar-refractivity contribution in [2.24, 2.45) is 23.2 Å². The van der Waals surface area contributed by atoms with Crippen molar-refractivity contribution in [3.8, 4) is 11.5 Å². The Bertz CT molecular complexity index is 983. The van der Waals surface area contributed by atoms with Crippen LogP contribution in [-0.4, -0.2) is 19.4 Å². The maximum atomic E-state index is 13.8. The van der Waals surface area contributed by atoms with Crippen LogP contribution in [-0.2, 0) is 10.9 Å². The first-order valence-corrected chi connectivity index (χ1v) is 11.4. The second-order valence-corrected chi connectivity index (χ2v) is 9.88. The standard InChI is InChI=1S/C26H27F3O4/c1-31-24(25-13-16-9-17(14-25)11-18(10-16)15-25)33-22-12-19(7-8-21(22)26(27,28)29)23(30)32-20-5-3-2-4-6-20/h2-8,12,16-18,24H,9-11,13-15H2,1H3. The zero-order valence-electron chi connectivity index (χ0n) is 18.4. The van der Waals surface area contributed by atoms with Crippen molar-refractivity contribution in [3.63, 3.8) is 0 Å². The van der Waals surface area contributed by atoms with Crippen LogP contribution in [0.5, 0.6) is 11.5 Å². The van der Waals surface area contributed by atoms with Crippen molar-refractivity contribution < 1.29 is 32.2 Å². The molecule has 4 aliphatic carbocycles. The van der Waals surface area contributed by atoms with Crippen molar-refractivity contribution in [1.29, 1.82) is 0 Å². The summed E-state index contributed by atoms with van der Waals surface area (Å²) in [5.41, 5.74) is -1.22. The number of esters is 1. The predicted octanol–water partition coefficient (Wildman–Crippen LogP) is 6.49. The minimum atomic E-state index is -4.63. The lowest BCUT2D eigenvalue weighted by Crippen LogP contribution is -2.54. The molecular weight excluding hydrogens is 433 g/mol. The number of halogens is 3. The Morgan fingerprint density at radius 1 is 0.970 bits per heavy atom. The van der Waals surface area contributed by atoms with Gasteiger partial charge >= 0.3 is 12.1 Å². The van der Waals surface area contributed by atoms with Gasteiger partial charge in [0, 0.05) is 12.5 Å². The van der Waals surface area contributed by atoms with Gasteiger partial charge in [-0.15, -0.1) is 0 Å². The molecule has 0 N–H and O–H groups in total. The first kappa shape index (κ1) is 22.3. The Morgan fingerprint density at radius 3 is 2.12 bits per heavy atom. The molecule has 4 aliphatic rings. The number of alkyl halides is 3. The van der Waals surface area contributed by atoms with Crippen LogP contribution in [0.15, 0.2) is 48.5 Å². The highest BCUT2D eigenvalue weighted by Crippen LogP contribution is 2.62. The fourth-order valence-electron chi connectivity index (χ4n) is 6.64. The highest BCUT2D eigenvalue weighted by molar-refractivity contribution is 5.91. The molecule has 4 bridgehead atoms. The molecule has 4 fully saturated rings. The van der Waals surface area contributed by atoms with Gasteiger partial charge in [-0.05, 0) is 86.6 Å². The normalized spacial score (nSPS) is 29.0. The molecule has 2 aromatic carbocycles. The molecule has 0 amide bonds. The fraction of sp³-hybridized carbons (Fsp3) is 0.500. The summed E-state index contributed by atoms with van der Waals surface area (Å²) in [7, 11) is 1.49. The Kier molecular flexibility index (Phi) is 5.63. The van der Waals surface area contributed by atoms with E-state index in [2.05, 4.69) is 0 Å². The summed E-state index contributed by atoms with van der Waals surface area (Å²) in [6.45, 7) is 0. The minimum Gasteiger partial charge on any atom is -0.464 e. The van der Waals surface area contributed by atoms with Gasteiger partial charge in [-0.1, -0.05) is 18.2 Å². The van der Waals surface area contributed by atoms with Crippen LogP contribution in [0.4, 0.5) is 13.2 Å². The SMILES string of the molecule is COC(Oc1cc(C(=O)Oc2ccccc2)ccc1C(F)(F)F)C12CC3CC(CC(C3)C1)C2. The van der Waals surface area contributed by atoms with Crippen molar-refractivity contribution in [1.82, 2.24) is 0 Å². The van der Waals surface area contributed by atoms with E-state index in [1.54, 1.807) is 30.3 Å². The molecule has 2 aromatic rings. The van der Waals surface area contributed by atoms with Crippen LogP contribution < -0.4 is 9.47 Å². The van der Waals surface area contributed by atoms with E-state index in [4.69, 9.17) is 14.2 Å². The van der Waals surface area contributed by atoms with Gasteiger partial charge in [0.15, 0.2) is 0 Å². The van der Waals surface area contributed by atoms with Crippen LogP contribution >= 0.6 is 0 Å². The van der Waals surface area contributed by atoms with Crippen LogP contribution in [0.25, 0.3) is 0 Å². The highest BCUT2D eigenvalue weighted by Gasteiger charge is 2.56. The topological polar surface area (TPSA) is 44.8 Å². The molecule has 6 rings (SSSR count). The van der Waals surface area contributed by atoms with E-state index in [-0.39, 0.29) is 11.0 Å². The summed E-state index contributed by atoms with van der Waals surface area (Å²) in [6, 6.07) is 11.5. The molecule has 0 radical (unpaired) electrons. The van der Waals surface area contributed by atoms with Crippen LogP contribution in [0, 0.1) is 23.2 Å². The number of ether oxygens (including phenoxy) is 3. The lowest BCUT2D eigenvalue weighted by atomic mass is 9.49. The average molecular weight is 460 g/mol. The van der Waals surface area contributed by atoms with Crippen molar-refractivity contribution >= 4 is 5.97 Å². The molecule has 0 aromatic heterocycles. The van der Waals surface area contributed by atoms with Gasteiger partial charge < -0.3 is 14.2 Å². The second-order valence-electron chi connectivity index (χ2n) is 9.88. The van der Waals surface area contributed by atoms with Gasteiger partial charge in [-0.2, -0.15) is 13.2 Å². The van der Waals surface area contributed by atoms with Crippen LogP contribution in [0.3, 0.4) is 0 Å². The van der Waals surface area contributed by atoms with Gasteiger partial charge in [-0.3, -0.25) is 0 Å². The van der Waals surface area contributed by atoms with Gasteiger partial charge in [0.25, 0.3) is 0 Å². The third-order valence-electron chi connectivity index (χ3n) is 7.51. The first-order valence-electron chi connectivity index (χ1n) is 11.4. The average Bonchev–Trinajstić information content (AvgIpc) is 2.76. The molecule has 1 atom stereocenters. The van der Waals surface area contributed by atoms with Crippen molar-refractivity contribution in [2.45, 2.75) is 51.0 Å². The van der Waals surface area contributed by atoms with E-state index in [0.29, 0.717) is 23.5 Å². The number of carbonyl (C=O) groups is 1. The van der Waals surface area contributed by atoms with E-state index in [1.807, 2.05) is 0 Å². The maximum Gasteiger partial charge on any atom is 0.419 e. The zero-order chi connectivity index (χ0) is 23.2. The summed E-state index contributed by atoms with van der Waals surface area (Å²) in [6.07, 6.45) is 0.903. The summed E-state index contributed by atoms with van der Waals surface area (Å²) in [4.78, 5) is 12.6. The maximum absolute atomic E-state index is 13.8. The quantitative estimate of drug-likeness (QED) is 0.281. The van der Waals surface area contributed by atoms with E-state index >= 15 is 0 Å². The fourth-order valence-corrected chi connectivity index (χ4v) is 6.64. The molecule has 0 heterocycles. The number of para-hydroxylation sites is 1. The van der Waals surface area contributed by atoms with Gasteiger partial charge in [0.05, 0.1) is 11.1 Å². The first-order chi connectivity index (χ1) is 15.8. The van der Waals surface area contributed by atoms with Gasteiger partial charge in [0.1, 0.15) is 11.5 Å². The summed E-state index contributed by atoms with van der Waals surface area (Å²) < 4.78 is 58.4. The Hall–Kier alpha value is -2.54. The largest absolute Gasteiger partial charge is 0.464 e. The highest BCUT2D eigenvalue weighted by atomic mass is 19.4. The molecule has 0 spiro atoms. The molecular formula is C26H27F3O4. The van der Waals surface area contributed by atoms with Crippen LogP contribution in [0.1, 0.15) is 54.4 Å². The smallest absolute Gasteiger partial charge is 0.419 e. The molecule has 1 unspecified atom stereocenters. The molecule has 33 heavy (non-hydrogen) atoms. The van der Waals surface area contributed by atoms with E-state index in [1.165, 1.54) is 26.4 Å². The number of carbonyl (C=O) groups excluding carboxylic acids is 1. The Morgan fingerprint density at radius 2 is 1.58 bits per heavy atom. The summed E-state index contributed by atoms with van der Waals surface area (Å²) in [5, 5.41) is 0. The summed E-state index contributed by atoms with van der Waals surface area (Å²) in [5.74, 6) is 0.940. The van der Waals surface area contributed by atoms with Gasteiger partial charge in [-0.25, -0.2) is 4.79 Å². The second kappa shape index (κ2) is 8.35. The molecule has 176 valence electrons. The van der Waals surface area contributed by atoms with E-state index < -0.39 is 29.7 Å². The molecule has 4 saturated carbocycles. The summed E-state index contributed by atoms with van der Waals surface area (Å²) >= 11 is 0. The molecule has 7 heteroatoms. The van der Waals surface area contributed by atoms with E-state index in [0.717, 1.165) is 37.5 Å². The predicted molar refractivity (Wildman–Crippen MR) is 115 cm³/mol. The number of methoxy groups -OCH3 is 1. The number of benzene rings is 2. The molecule has 4 nitrogen and oxygen atoms in total. The molecule has 0 aliphatic heterocycles. The Balaban J connectivity index is 1.44. The minimum absolute atomic E-state index is 0.0118. The lowest BCUT2D eigenvalue weighted by molar-refractivity contribution is -0.206. The third kappa shape index (κ3) is 4.35. The zero-order valence-corrected chi connectivity index (χ0v) is 18.4. The Labute approximate surface area is 191 Å². The third-order valence-corrected chi connectivity index (χ3v) is 7.51. The lowest BCUT2D eigenvalue weighted by Gasteiger charge is -2.58. The number of hydrogen-bond donors (Lipinski definition) is 0. The van der Waals surface area contributed by atoms with Crippen molar-refractivity contribution in [3.05, 3.63) is 59.7 Å². The number of rotatable bonds is 6. The monoisotopic (exact) mass is 460 g/mol. The molecule has 0 saturated heterocycles. The van der Waals surface area contributed by atoms with Gasteiger partial charge in [0.2, 0.25) is 6.29 Å².